The summed E-state index contributed by atoms with van der Waals surface area (Å²) in [4.78, 5) is 21.1. The lowest BCUT2D eigenvalue weighted by Gasteiger charge is -2.35. The quantitative estimate of drug-likeness (QED) is 0.653. The largest absolute Gasteiger partial charge is 0.496 e. The second-order valence-corrected chi connectivity index (χ2v) is 8.01. The number of likely N-dealkylation sites (tertiary alicyclic amines) is 1. The fourth-order valence-corrected chi connectivity index (χ4v) is 4.17. The van der Waals surface area contributed by atoms with E-state index in [9.17, 15) is 4.79 Å². The van der Waals surface area contributed by atoms with Crippen molar-refractivity contribution in [3.63, 3.8) is 0 Å². The van der Waals surface area contributed by atoms with Crippen LogP contribution in [0.15, 0.2) is 48.8 Å². The Bertz CT molecular complexity index is 766. The van der Waals surface area contributed by atoms with Gasteiger partial charge < -0.3 is 14.5 Å². The van der Waals surface area contributed by atoms with Gasteiger partial charge in [0.15, 0.2) is 0 Å². The lowest BCUT2D eigenvalue weighted by Crippen LogP contribution is -2.42. The summed E-state index contributed by atoms with van der Waals surface area (Å²) in [6, 6.07) is 12.2. The lowest BCUT2D eigenvalue weighted by molar-refractivity contribution is -0.130. The number of methoxy groups -OCH3 is 1. The SMILES string of the molecule is COc1ccccc1CCN1CCC[C@@H](CN(C)C(=O)CCc2cccnc2)C1. The van der Waals surface area contributed by atoms with Crippen LogP contribution in [0.25, 0.3) is 0 Å². The summed E-state index contributed by atoms with van der Waals surface area (Å²) in [6.07, 6.45) is 8.31. The highest BCUT2D eigenvalue weighted by molar-refractivity contribution is 5.76. The van der Waals surface area contributed by atoms with Crippen molar-refractivity contribution < 1.29 is 9.53 Å². The number of piperidine rings is 1. The molecular formula is C24H33N3O2. The van der Waals surface area contributed by atoms with Gasteiger partial charge in [-0.05, 0) is 61.4 Å². The van der Waals surface area contributed by atoms with E-state index in [2.05, 4.69) is 22.0 Å². The molecule has 1 amide bonds. The van der Waals surface area contributed by atoms with Crippen molar-refractivity contribution in [1.29, 1.82) is 0 Å². The maximum Gasteiger partial charge on any atom is 0.222 e. The first kappa shape index (κ1) is 21.3. The minimum absolute atomic E-state index is 0.222. The van der Waals surface area contributed by atoms with Crippen molar-refractivity contribution in [3.05, 3.63) is 59.9 Å². The Morgan fingerprint density at radius 3 is 2.90 bits per heavy atom. The average Bonchev–Trinajstić information content (AvgIpc) is 2.77. The highest BCUT2D eigenvalue weighted by Gasteiger charge is 2.22. The van der Waals surface area contributed by atoms with Crippen molar-refractivity contribution in [2.24, 2.45) is 5.92 Å². The number of aryl methyl sites for hydroxylation is 1. The number of carbonyl (C=O) groups is 1. The molecule has 0 aliphatic carbocycles. The van der Waals surface area contributed by atoms with E-state index in [1.807, 2.05) is 42.4 Å². The molecule has 1 saturated heterocycles. The Hall–Kier alpha value is -2.40. The second-order valence-electron chi connectivity index (χ2n) is 8.01. The van der Waals surface area contributed by atoms with Gasteiger partial charge >= 0.3 is 0 Å². The molecule has 5 heteroatoms. The molecule has 156 valence electrons. The number of benzene rings is 1. The summed E-state index contributed by atoms with van der Waals surface area (Å²) >= 11 is 0. The van der Waals surface area contributed by atoms with Crippen LogP contribution >= 0.6 is 0 Å². The van der Waals surface area contributed by atoms with Crippen molar-refractivity contribution >= 4 is 5.91 Å². The predicted molar refractivity (Wildman–Crippen MR) is 116 cm³/mol. The molecule has 2 heterocycles. The number of pyridine rings is 1. The summed E-state index contributed by atoms with van der Waals surface area (Å²) in [5, 5.41) is 0. The molecule has 2 aromatic rings. The molecular weight excluding hydrogens is 362 g/mol. The van der Waals surface area contributed by atoms with Crippen molar-refractivity contribution in [2.75, 3.05) is 40.3 Å². The normalized spacial score (nSPS) is 17.1. The van der Waals surface area contributed by atoms with Gasteiger partial charge in [-0.2, -0.15) is 0 Å². The maximum atomic E-state index is 12.5. The molecule has 1 fully saturated rings. The predicted octanol–water partition coefficient (Wildman–Crippen LogP) is 3.44. The van der Waals surface area contributed by atoms with Gasteiger partial charge in [-0.1, -0.05) is 24.3 Å². The third-order valence-electron chi connectivity index (χ3n) is 5.80. The van der Waals surface area contributed by atoms with Crippen molar-refractivity contribution in [2.45, 2.75) is 32.1 Å². The molecule has 1 aliphatic rings. The van der Waals surface area contributed by atoms with Crippen LogP contribution in [-0.4, -0.2) is 61.0 Å². The van der Waals surface area contributed by atoms with Gasteiger partial charge in [-0.3, -0.25) is 9.78 Å². The summed E-state index contributed by atoms with van der Waals surface area (Å²) in [6.45, 7) is 4.09. The van der Waals surface area contributed by atoms with Gasteiger partial charge in [0.2, 0.25) is 5.91 Å². The minimum atomic E-state index is 0.222. The standard InChI is InChI=1S/C24H33N3O2/c1-26(24(28)12-11-20-7-5-14-25-17-20)18-21-8-6-15-27(19-21)16-13-22-9-3-4-10-23(22)29-2/h3-5,7,9-10,14,17,21H,6,8,11-13,15-16,18-19H2,1-2H3/t21-/m0/s1. The number of carbonyl (C=O) groups excluding carboxylic acids is 1. The third-order valence-corrected chi connectivity index (χ3v) is 5.80. The molecule has 29 heavy (non-hydrogen) atoms. The van der Waals surface area contributed by atoms with Crippen LogP contribution in [0.2, 0.25) is 0 Å². The third kappa shape index (κ3) is 6.57. The number of hydrogen-bond donors (Lipinski definition) is 0. The molecule has 5 nitrogen and oxygen atoms in total. The Kier molecular flexibility index (Phi) is 8.05. The molecule has 0 saturated carbocycles. The highest BCUT2D eigenvalue weighted by Crippen LogP contribution is 2.21. The molecule has 1 aromatic heterocycles. The van der Waals surface area contributed by atoms with Crippen LogP contribution in [0.5, 0.6) is 5.75 Å². The van der Waals surface area contributed by atoms with E-state index in [-0.39, 0.29) is 5.91 Å². The van der Waals surface area contributed by atoms with Crippen molar-refractivity contribution in [1.82, 2.24) is 14.8 Å². The highest BCUT2D eigenvalue weighted by atomic mass is 16.5. The van der Waals surface area contributed by atoms with Crippen LogP contribution in [0, 0.1) is 5.92 Å². The number of hydrogen-bond acceptors (Lipinski definition) is 4. The first-order chi connectivity index (χ1) is 14.2. The molecule has 1 aliphatic heterocycles. The lowest BCUT2D eigenvalue weighted by atomic mass is 9.96. The Balaban J connectivity index is 1.43. The molecule has 1 atom stereocenters. The van der Waals surface area contributed by atoms with Crippen LogP contribution in [-0.2, 0) is 17.6 Å². The van der Waals surface area contributed by atoms with Crippen LogP contribution < -0.4 is 4.74 Å². The zero-order valence-corrected chi connectivity index (χ0v) is 17.7. The Morgan fingerprint density at radius 2 is 2.10 bits per heavy atom. The molecule has 0 bridgehead atoms. The summed E-state index contributed by atoms with van der Waals surface area (Å²) in [5.74, 6) is 1.74. The molecule has 0 unspecified atom stereocenters. The van der Waals surface area contributed by atoms with E-state index in [4.69, 9.17) is 4.74 Å². The van der Waals surface area contributed by atoms with Gasteiger partial charge in [0, 0.05) is 45.5 Å². The van der Waals surface area contributed by atoms with Gasteiger partial charge in [-0.25, -0.2) is 0 Å². The van der Waals surface area contributed by atoms with E-state index in [1.54, 1.807) is 13.3 Å². The van der Waals surface area contributed by atoms with Crippen LogP contribution in [0.1, 0.15) is 30.4 Å². The number of nitrogens with zero attached hydrogens (tertiary/aromatic N) is 3. The fraction of sp³-hybridized carbons (Fsp3) is 0.500. The van der Waals surface area contributed by atoms with E-state index in [0.717, 1.165) is 50.3 Å². The number of para-hydroxylation sites is 1. The van der Waals surface area contributed by atoms with Gasteiger partial charge in [-0.15, -0.1) is 0 Å². The van der Waals surface area contributed by atoms with E-state index in [0.29, 0.717) is 12.3 Å². The first-order valence-electron chi connectivity index (χ1n) is 10.6. The molecule has 0 radical (unpaired) electrons. The van der Waals surface area contributed by atoms with Gasteiger partial charge in [0.05, 0.1) is 7.11 Å². The second kappa shape index (κ2) is 11.0. The molecule has 0 N–H and O–H groups in total. The fourth-order valence-electron chi connectivity index (χ4n) is 4.17. The van der Waals surface area contributed by atoms with E-state index >= 15 is 0 Å². The Morgan fingerprint density at radius 1 is 1.24 bits per heavy atom. The van der Waals surface area contributed by atoms with Crippen LogP contribution in [0.3, 0.4) is 0 Å². The molecule has 1 aromatic carbocycles. The number of amides is 1. The smallest absolute Gasteiger partial charge is 0.222 e. The summed E-state index contributed by atoms with van der Waals surface area (Å²) < 4.78 is 5.47. The first-order valence-corrected chi connectivity index (χ1v) is 10.6. The van der Waals surface area contributed by atoms with Crippen molar-refractivity contribution in [3.8, 4) is 5.75 Å². The zero-order valence-electron chi connectivity index (χ0n) is 17.7. The van der Waals surface area contributed by atoms with Gasteiger partial charge in [0.1, 0.15) is 5.75 Å². The summed E-state index contributed by atoms with van der Waals surface area (Å²) in [7, 11) is 3.68. The average molecular weight is 396 g/mol. The minimum Gasteiger partial charge on any atom is -0.496 e. The zero-order chi connectivity index (χ0) is 20.5. The van der Waals surface area contributed by atoms with E-state index < -0.39 is 0 Å². The maximum absolute atomic E-state index is 12.5. The van der Waals surface area contributed by atoms with E-state index in [1.165, 1.54) is 18.4 Å². The Labute approximate surface area is 174 Å². The molecule has 3 rings (SSSR count). The van der Waals surface area contributed by atoms with Gasteiger partial charge in [0.25, 0.3) is 0 Å². The topological polar surface area (TPSA) is 45.7 Å². The number of aromatic nitrogens is 1. The summed E-state index contributed by atoms with van der Waals surface area (Å²) in [5.41, 5.74) is 2.38. The van der Waals surface area contributed by atoms with Crippen LogP contribution in [0.4, 0.5) is 0 Å². The number of ether oxygens (including phenoxy) is 1. The monoisotopic (exact) mass is 395 g/mol. The molecule has 0 spiro atoms. The number of rotatable bonds is 9.